The number of hydrogen-bond donors (Lipinski definition) is 0. The minimum absolute atomic E-state index is 0.0859. The highest BCUT2D eigenvalue weighted by Crippen LogP contribution is 2.37. The van der Waals surface area contributed by atoms with Gasteiger partial charge in [-0.15, -0.1) is 0 Å². The van der Waals surface area contributed by atoms with E-state index in [0.717, 1.165) is 17.7 Å². The zero-order valence-corrected chi connectivity index (χ0v) is 13.6. The number of benzene rings is 1. The summed E-state index contributed by atoms with van der Waals surface area (Å²) in [5.74, 6) is -0.541. The summed E-state index contributed by atoms with van der Waals surface area (Å²) >= 11 is 9.16. The molecule has 0 aliphatic heterocycles. The molecule has 1 aliphatic carbocycles. The highest BCUT2D eigenvalue weighted by Gasteiger charge is 2.41. The number of hydrogen-bond acceptors (Lipinski definition) is 1. The van der Waals surface area contributed by atoms with E-state index in [1.807, 2.05) is 0 Å². The molecule has 7 heteroatoms. The molecule has 1 fully saturated rings. The fraction of sp³-hybridized carbons (Fsp3) is 0.500. The summed E-state index contributed by atoms with van der Waals surface area (Å²) in [7, 11) is 0. The van der Waals surface area contributed by atoms with Crippen LogP contribution in [0.25, 0.3) is 0 Å². The lowest BCUT2D eigenvalue weighted by atomic mass is 10.1. The number of rotatable bonds is 4. The van der Waals surface area contributed by atoms with Gasteiger partial charge in [0, 0.05) is 10.5 Å². The first-order valence-corrected chi connectivity index (χ1v) is 7.69. The molecule has 0 unspecified atom stereocenters. The maximum absolute atomic E-state index is 12.8. The van der Waals surface area contributed by atoms with E-state index < -0.39 is 24.7 Å². The molecule has 0 radical (unpaired) electrons. The molecule has 0 spiro atoms. The second kappa shape index (κ2) is 6.16. The molecule has 2 nitrogen and oxygen atoms in total. The molecular formula is C14H14BrClF3NO. The molecule has 0 heterocycles. The van der Waals surface area contributed by atoms with Crippen molar-refractivity contribution in [2.24, 2.45) is 5.92 Å². The first kappa shape index (κ1) is 16.6. The molecule has 0 N–H and O–H groups in total. The van der Waals surface area contributed by atoms with Crippen LogP contribution in [-0.2, 0) is 0 Å². The van der Waals surface area contributed by atoms with Crippen molar-refractivity contribution in [3.63, 3.8) is 0 Å². The number of carbonyl (C=O) groups excluding carboxylic acids is 1. The number of nitrogens with zero attached hydrogens (tertiary/aromatic N) is 1. The van der Waals surface area contributed by atoms with Gasteiger partial charge in [0.1, 0.15) is 6.54 Å². The molecular weight excluding hydrogens is 371 g/mol. The smallest absolute Gasteiger partial charge is 0.327 e. The predicted molar refractivity (Wildman–Crippen MR) is 78.4 cm³/mol. The van der Waals surface area contributed by atoms with Crippen LogP contribution in [0.15, 0.2) is 22.7 Å². The molecule has 2 rings (SSSR count). The average Bonchev–Trinajstić information content (AvgIpc) is 3.20. The van der Waals surface area contributed by atoms with Gasteiger partial charge in [0.2, 0.25) is 0 Å². The minimum Gasteiger partial charge on any atom is -0.327 e. The van der Waals surface area contributed by atoms with E-state index in [9.17, 15) is 18.0 Å². The van der Waals surface area contributed by atoms with Crippen LogP contribution >= 0.6 is 27.5 Å². The summed E-state index contributed by atoms with van der Waals surface area (Å²) in [5, 5.41) is 0.151. The van der Waals surface area contributed by atoms with Gasteiger partial charge in [-0.1, -0.05) is 27.5 Å². The summed E-state index contributed by atoms with van der Waals surface area (Å²) in [6.07, 6.45) is -2.72. The normalized spacial score (nSPS) is 16.7. The van der Waals surface area contributed by atoms with Crippen LogP contribution in [0.2, 0.25) is 5.02 Å². The maximum Gasteiger partial charge on any atom is 0.406 e. The van der Waals surface area contributed by atoms with Crippen LogP contribution < -0.4 is 0 Å². The number of alkyl halides is 3. The second-order valence-electron chi connectivity index (χ2n) is 5.25. The molecule has 21 heavy (non-hydrogen) atoms. The van der Waals surface area contributed by atoms with E-state index in [-0.39, 0.29) is 16.5 Å². The number of amides is 1. The van der Waals surface area contributed by atoms with Gasteiger partial charge in [-0.05, 0) is 43.9 Å². The fourth-order valence-corrected chi connectivity index (χ4v) is 2.80. The second-order valence-corrected chi connectivity index (χ2v) is 6.57. The highest BCUT2D eigenvalue weighted by molar-refractivity contribution is 9.10. The van der Waals surface area contributed by atoms with Crippen molar-refractivity contribution in [3.05, 3.63) is 33.3 Å². The van der Waals surface area contributed by atoms with Crippen LogP contribution in [0.4, 0.5) is 13.2 Å². The Bertz CT molecular complexity index is 546. The van der Waals surface area contributed by atoms with Gasteiger partial charge in [-0.25, -0.2) is 0 Å². The molecule has 0 saturated heterocycles. The Hall–Kier alpha value is -0.750. The standard InChI is InChI=1S/C14H14BrClF3NO/c1-8(9-2-3-9)20(7-14(17,18)19)13(21)11-6-10(15)4-5-12(11)16/h4-6,8-9H,2-3,7H2,1H3/t8-/m1/s1. The van der Waals surface area contributed by atoms with Crippen molar-refractivity contribution >= 4 is 33.4 Å². The molecule has 1 amide bonds. The third-order valence-corrected chi connectivity index (χ3v) is 4.39. The SMILES string of the molecule is C[C@H](C1CC1)N(CC(F)(F)F)C(=O)c1cc(Br)ccc1Cl. The van der Waals surface area contributed by atoms with Crippen molar-refractivity contribution in [3.8, 4) is 0 Å². The zero-order valence-electron chi connectivity index (χ0n) is 11.3. The molecule has 0 aromatic heterocycles. The fourth-order valence-electron chi connectivity index (χ4n) is 2.24. The highest BCUT2D eigenvalue weighted by atomic mass is 79.9. The lowest BCUT2D eigenvalue weighted by Crippen LogP contribution is -2.45. The topological polar surface area (TPSA) is 20.3 Å². The van der Waals surface area contributed by atoms with Crippen molar-refractivity contribution in [2.75, 3.05) is 6.54 Å². The molecule has 1 aromatic carbocycles. The number of halogens is 5. The number of carbonyl (C=O) groups is 1. The quantitative estimate of drug-likeness (QED) is 0.722. The molecule has 116 valence electrons. The van der Waals surface area contributed by atoms with Crippen LogP contribution in [0.1, 0.15) is 30.1 Å². The van der Waals surface area contributed by atoms with E-state index in [2.05, 4.69) is 15.9 Å². The Kier molecular flexibility index (Phi) is 4.88. The van der Waals surface area contributed by atoms with E-state index >= 15 is 0 Å². The first-order valence-electron chi connectivity index (χ1n) is 6.52. The first-order chi connectivity index (χ1) is 9.69. The maximum atomic E-state index is 12.8. The van der Waals surface area contributed by atoms with Crippen LogP contribution in [0.3, 0.4) is 0 Å². The van der Waals surface area contributed by atoms with Gasteiger partial charge >= 0.3 is 6.18 Å². The van der Waals surface area contributed by atoms with Gasteiger partial charge in [-0.2, -0.15) is 13.2 Å². The summed E-state index contributed by atoms with van der Waals surface area (Å²) in [6, 6.07) is 4.13. The van der Waals surface area contributed by atoms with Crippen LogP contribution in [-0.4, -0.2) is 29.6 Å². The Labute approximate surface area is 134 Å². The van der Waals surface area contributed by atoms with Gasteiger partial charge in [0.25, 0.3) is 5.91 Å². The summed E-state index contributed by atoms with van der Waals surface area (Å²) in [6.45, 7) is 0.402. The Morgan fingerprint density at radius 2 is 2.10 bits per heavy atom. The van der Waals surface area contributed by atoms with E-state index in [0.29, 0.717) is 4.47 Å². The lowest BCUT2D eigenvalue weighted by Gasteiger charge is -2.30. The Morgan fingerprint density at radius 3 is 2.62 bits per heavy atom. The molecule has 1 aliphatic rings. The van der Waals surface area contributed by atoms with Crippen molar-refractivity contribution in [2.45, 2.75) is 32.0 Å². The summed E-state index contributed by atoms with van der Waals surface area (Å²) in [5.41, 5.74) is 0.0859. The Morgan fingerprint density at radius 1 is 1.48 bits per heavy atom. The minimum atomic E-state index is -4.43. The van der Waals surface area contributed by atoms with Crippen LogP contribution in [0, 0.1) is 5.92 Å². The van der Waals surface area contributed by atoms with Gasteiger partial charge in [-0.3, -0.25) is 4.79 Å². The summed E-state index contributed by atoms with van der Waals surface area (Å²) < 4.78 is 38.9. The molecule has 1 saturated carbocycles. The monoisotopic (exact) mass is 383 g/mol. The zero-order chi connectivity index (χ0) is 15.8. The van der Waals surface area contributed by atoms with Crippen molar-refractivity contribution < 1.29 is 18.0 Å². The summed E-state index contributed by atoms with van der Waals surface area (Å²) in [4.78, 5) is 13.4. The van der Waals surface area contributed by atoms with Gasteiger partial charge < -0.3 is 4.90 Å². The van der Waals surface area contributed by atoms with Crippen LogP contribution in [0.5, 0.6) is 0 Å². The van der Waals surface area contributed by atoms with E-state index in [1.54, 1.807) is 13.0 Å². The van der Waals surface area contributed by atoms with Crippen molar-refractivity contribution in [1.82, 2.24) is 4.90 Å². The Balaban J connectivity index is 2.30. The van der Waals surface area contributed by atoms with Gasteiger partial charge in [0.05, 0.1) is 10.6 Å². The van der Waals surface area contributed by atoms with Crippen molar-refractivity contribution in [1.29, 1.82) is 0 Å². The molecule has 1 aromatic rings. The van der Waals surface area contributed by atoms with E-state index in [1.165, 1.54) is 12.1 Å². The third-order valence-electron chi connectivity index (χ3n) is 3.57. The van der Waals surface area contributed by atoms with E-state index in [4.69, 9.17) is 11.6 Å². The molecule has 0 bridgehead atoms. The largest absolute Gasteiger partial charge is 0.406 e. The lowest BCUT2D eigenvalue weighted by molar-refractivity contribution is -0.144. The average molecular weight is 385 g/mol. The third kappa shape index (κ3) is 4.36. The molecule has 1 atom stereocenters. The predicted octanol–water partition coefficient (Wildman–Crippen LogP) is 4.91. The van der Waals surface area contributed by atoms with Gasteiger partial charge in [0.15, 0.2) is 0 Å².